The van der Waals surface area contributed by atoms with E-state index in [1.54, 1.807) is 5.32 Å². The molecule has 2 saturated heterocycles. The summed E-state index contributed by atoms with van der Waals surface area (Å²) in [7, 11) is 0. The molecule has 93 heavy (non-hydrogen) atoms. The number of benzene rings is 2. The van der Waals surface area contributed by atoms with E-state index in [9.17, 15) is 159 Å². The summed E-state index contributed by atoms with van der Waals surface area (Å²) in [6, 6.07) is 2.50. The molecule has 522 valence electrons. The number of ether oxygens (including phenoxy) is 2. The van der Waals surface area contributed by atoms with Gasteiger partial charge in [-0.1, -0.05) is 12.1 Å². The molecule has 14 N–H and O–H groups in total. The Balaban J connectivity index is 1.35. The Morgan fingerprint density at radius 3 is 1.76 bits per heavy atom. The zero-order valence-electron chi connectivity index (χ0n) is 46.7. The van der Waals surface area contributed by atoms with Gasteiger partial charge in [-0.25, -0.2) is 0 Å². The van der Waals surface area contributed by atoms with Crippen LogP contribution in [-0.4, -0.2) is 245 Å². The van der Waals surface area contributed by atoms with Gasteiger partial charge in [-0.05, 0) is 61.6 Å². The molecule has 2 aromatic carbocycles. The third-order valence-electron chi connectivity index (χ3n) is 14.7. The number of hydrogen-bond donors (Lipinski definition) is 14. The first-order valence-electron chi connectivity index (χ1n) is 26.8. The number of imide groups is 2. The van der Waals surface area contributed by atoms with Crippen molar-refractivity contribution in [3.63, 3.8) is 0 Å². The van der Waals surface area contributed by atoms with Crippen molar-refractivity contribution in [1.82, 2.24) is 31.5 Å². The summed E-state index contributed by atoms with van der Waals surface area (Å²) < 4.78 is 247. The van der Waals surface area contributed by atoms with E-state index in [0.717, 1.165) is 18.2 Å². The number of fused-ring (bicyclic) bond motifs is 1. The summed E-state index contributed by atoms with van der Waals surface area (Å²) in [4.78, 5) is 106. The van der Waals surface area contributed by atoms with E-state index in [1.165, 1.54) is 29.6 Å². The number of carbonyl (C=O) groups excluding carboxylic acids is 8. The smallest absolute Gasteiger partial charge is 0.460 e. The quantitative estimate of drug-likeness (QED) is 0.0271. The third-order valence-corrected chi connectivity index (χ3v) is 14.7. The number of piperidine rings is 1. The van der Waals surface area contributed by atoms with Crippen molar-refractivity contribution >= 4 is 47.3 Å². The van der Waals surface area contributed by atoms with Crippen LogP contribution in [-0.2, 0) is 39.9 Å². The molecule has 0 radical (unpaired) electrons. The predicted octanol–water partition coefficient (Wildman–Crippen LogP) is -0.318. The largest absolute Gasteiger partial charge is 0.508 e. The monoisotopic (exact) mass is 1380 g/mol. The maximum atomic E-state index is 14.9. The molecule has 0 aliphatic carbocycles. The number of aliphatic hydroxyl groups excluding tert-OH is 8. The van der Waals surface area contributed by atoms with E-state index < -0.39 is 227 Å². The van der Waals surface area contributed by atoms with Gasteiger partial charge in [0.15, 0.2) is 12.4 Å². The number of aliphatic hydroxyl groups is 8. The first kappa shape index (κ1) is 76.5. The minimum Gasteiger partial charge on any atom is -0.508 e. The molecule has 3 aliphatic heterocycles. The highest BCUT2D eigenvalue weighted by atomic mass is 19.4. The van der Waals surface area contributed by atoms with Crippen molar-refractivity contribution in [3.05, 3.63) is 64.7 Å². The normalized spacial score (nSPS) is 22.4. The molecule has 2 fully saturated rings. The van der Waals surface area contributed by atoms with Crippen molar-refractivity contribution in [1.29, 1.82) is 0 Å². The van der Waals surface area contributed by atoms with Gasteiger partial charge in [0.1, 0.15) is 66.6 Å². The summed E-state index contributed by atoms with van der Waals surface area (Å²) in [5.74, 6) is -69.0. The number of carbonyl (C=O) groups is 8. The number of aromatic hydroxyl groups is 1. The molecule has 8 amide bonds. The maximum Gasteiger partial charge on any atom is 0.460 e. The lowest BCUT2D eigenvalue weighted by Gasteiger charge is -2.42. The number of nitrogens with one attached hydrogen (secondary N) is 5. The lowest BCUT2D eigenvalue weighted by molar-refractivity contribution is -0.461. The molecular weight excluding hydrogens is 1320 g/mol. The number of nitrogens with zero attached hydrogens (tertiary/aromatic N) is 1. The Morgan fingerprint density at radius 1 is 0.656 bits per heavy atom. The Bertz CT molecular complexity index is 3080. The van der Waals surface area contributed by atoms with Crippen LogP contribution in [0.2, 0.25) is 0 Å². The molecular formula is C51H55F17N6O19. The van der Waals surface area contributed by atoms with Crippen LogP contribution in [0.1, 0.15) is 75.2 Å². The molecule has 7 unspecified atom stereocenters. The van der Waals surface area contributed by atoms with Gasteiger partial charge in [0.05, 0.1) is 24.3 Å². The first-order chi connectivity index (χ1) is 42.7. The van der Waals surface area contributed by atoms with Crippen LogP contribution in [0.5, 0.6) is 5.75 Å². The average molecular weight is 1380 g/mol. The molecule has 0 spiro atoms. The Morgan fingerprint density at radius 2 is 1.20 bits per heavy atom. The van der Waals surface area contributed by atoms with Crippen LogP contribution in [0.15, 0.2) is 42.5 Å². The number of rotatable bonds is 30. The number of amides is 8. The molecule has 5 rings (SSSR count). The minimum absolute atomic E-state index is 0.229. The fourth-order valence-electron chi connectivity index (χ4n) is 9.26. The number of phenolic OH excluding ortho intramolecular Hbond substituents is 1. The Hall–Kier alpha value is -7.19. The van der Waals surface area contributed by atoms with Crippen molar-refractivity contribution in [2.24, 2.45) is 0 Å². The number of alkyl halides is 17. The first-order valence-corrected chi connectivity index (χ1v) is 26.8. The summed E-state index contributed by atoms with van der Waals surface area (Å²) in [6.45, 7) is -5.44. The van der Waals surface area contributed by atoms with Gasteiger partial charge < -0.3 is 76.7 Å². The van der Waals surface area contributed by atoms with Crippen LogP contribution < -0.4 is 26.6 Å². The number of hydrogen-bond acceptors (Lipinski definition) is 19. The highest BCUT2D eigenvalue weighted by Gasteiger charge is 2.95. The zero-order chi connectivity index (χ0) is 70.7. The molecule has 0 bridgehead atoms. The molecule has 3 heterocycles. The second-order valence-corrected chi connectivity index (χ2v) is 21.1. The van der Waals surface area contributed by atoms with E-state index in [-0.39, 0.29) is 40.8 Å². The van der Waals surface area contributed by atoms with Gasteiger partial charge in [0.2, 0.25) is 23.6 Å². The molecule has 3 aliphatic rings. The predicted molar refractivity (Wildman–Crippen MR) is 267 cm³/mol. The van der Waals surface area contributed by atoms with Gasteiger partial charge in [-0.3, -0.25) is 48.6 Å². The molecule has 2 aromatic rings. The third kappa shape index (κ3) is 15.3. The molecule has 0 aromatic heterocycles. The summed E-state index contributed by atoms with van der Waals surface area (Å²) in [6.07, 6.45) is -35.9. The van der Waals surface area contributed by atoms with Crippen LogP contribution in [0.3, 0.4) is 0 Å². The lowest BCUT2D eigenvalue weighted by atomic mass is 9.88. The van der Waals surface area contributed by atoms with Crippen LogP contribution in [0.25, 0.3) is 0 Å². The number of phenols is 1. The molecule has 12 atom stereocenters. The van der Waals surface area contributed by atoms with Crippen molar-refractivity contribution in [2.75, 3.05) is 26.3 Å². The lowest BCUT2D eigenvalue weighted by Crippen LogP contribution is -2.74. The summed E-state index contributed by atoms with van der Waals surface area (Å²) in [5, 5.41) is 101. The van der Waals surface area contributed by atoms with Gasteiger partial charge in [-0.15, -0.1) is 0 Å². The highest BCUT2D eigenvalue weighted by molar-refractivity contribution is 6.24. The van der Waals surface area contributed by atoms with Crippen LogP contribution in [0, 0.1) is 0 Å². The van der Waals surface area contributed by atoms with E-state index >= 15 is 0 Å². The highest BCUT2D eigenvalue weighted by Crippen LogP contribution is 2.64. The fraction of sp³-hybridized carbons (Fsp3) is 0.608. The van der Waals surface area contributed by atoms with Crippen LogP contribution in [0.4, 0.5) is 74.6 Å². The zero-order valence-corrected chi connectivity index (χ0v) is 46.7. The fourth-order valence-corrected chi connectivity index (χ4v) is 9.26. The van der Waals surface area contributed by atoms with Gasteiger partial charge in [-0.2, -0.15) is 74.6 Å². The summed E-state index contributed by atoms with van der Waals surface area (Å²) >= 11 is 0. The molecule has 25 nitrogen and oxygen atoms in total. The SMILES string of the molecule is O=C1CCC(N2C(=O)c3ccc(C(=O)NC(Cc4ccc(O)cc4)C(=O)NCCCCC(NC(=O)C(O)[C@H](O)[C@H](O[C@@H]4OC(CO)[C@H](O)[C@H](O)C4O)C(O)CO)C(=O)NCCC(F)(F)C(F)(F)C(F)(F)C(F)(F)C(F)(F)C(F)(F)C(F)(F)C(F)(F)F)cc3C2=O)C(=O)N1. The van der Waals surface area contributed by atoms with Gasteiger partial charge in [0.25, 0.3) is 23.6 Å². The van der Waals surface area contributed by atoms with E-state index in [2.05, 4.69) is 10.6 Å². The van der Waals surface area contributed by atoms with E-state index in [0.29, 0.717) is 4.90 Å². The van der Waals surface area contributed by atoms with Gasteiger partial charge >= 0.3 is 47.6 Å². The maximum absolute atomic E-state index is 14.9. The number of unbranched alkanes of at least 4 members (excludes halogenated alkanes) is 1. The molecule has 0 saturated carbocycles. The second-order valence-electron chi connectivity index (χ2n) is 21.1. The van der Waals surface area contributed by atoms with Gasteiger partial charge in [0, 0.05) is 37.9 Å². The topological polar surface area (TPSA) is 400 Å². The Labute approximate surface area is 509 Å². The average Bonchev–Trinajstić information content (AvgIpc) is 1.26. The van der Waals surface area contributed by atoms with Crippen molar-refractivity contribution < 1.29 is 168 Å². The standard InChI is InChI=1S/C51H55F17N6O19/c52-44(53,45(54,55)46(56,57)47(58,59)48(60,61)49(62,63)50(64,65)51(66,67)68)12-14-70-37(86)24(71-40(89)33(83)32(82)35(27(78)17-75)93-43-34(84)31(81)30(80)28(18-76)92-43)3-1-2-13-69-38(87)25(15-19-4-7-21(77)8-5-19)72-36(85)20-6-9-22-23(16-20)42(91)74(41(22)90)26-10-11-29(79)73-39(26)88/h4-9,16,24-28,30-35,43,75-78,80-84H,1-3,10-15,17-18H2,(H,69,87)(H,70,86)(H,71,89)(H,72,85)(H,73,79,88)/t24?,25?,26?,27?,28?,30-,31-,32-,33?,34?,35+,43-/m0/s1. The second kappa shape index (κ2) is 28.8. The van der Waals surface area contributed by atoms with Crippen molar-refractivity contribution in [3.8, 4) is 5.75 Å². The Kier molecular flexibility index (Phi) is 23.7. The van der Waals surface area contributed by atoms with Crippen molar-refractivity contribution in [2.45, 2.75) is 166 Å². The van der Waals surface area contributed by atoms with Crippen LogP contribution >= 0.6 is 0 Å². The minimum atomic E-state index is -8.94. The van der Waals surface area contributed by atoms with E-state index in [1.807, 2.05) is 5.32 Å². The molecule has 42 heteroatoms. The van der Waals surface area contributed by atoms with E-state index in [4.69, 9.17) is 9.47 Å². The number of halogens is 17. The summed E-state index contributed by atoms with van der Waals surface area (Å²) in [5.41, 5.74) is -0.721.